The first-order chi connectivity index (χ1) is 11.6. The van der Waals surface area contributed by atoms with Crippen LogP contribution in [0.5, 0.6) is 0 Å². The van der Waals surface area contributed by atoms with Gasteiger partial charge in [0, 0.05) is 37.9 Å². The molecule has 2 aliphatic rings. The first-order valence-corrected chi connectivity index (χ1v) is 8.79. The van der Waals surface area contributed by atoms with Crippen LogP contribution in [0.1, 0.15) is 43.8 Å². The van der Waals surface area contributed by atoms with E-state index in [4.69, 9.17) is 4.74 Å². The summed E-state index contributed by atoms with van der Waals surface area (Å²) < 4.78 is 5.67. The zero-order valence-electron chi connectivity index (χ0n) is 14.5. The number of carbonyl (C=O) groups is 2. The molecule has 1 heterocycles. The van der Waals surface area contributed by atoms with Crippen molar-refractivity contribution in [1.82, 2.24) is 4.90 Å². The largest absolute Gasteiger partial charge is 0.377 e. The number of fused-ring (bicyclic) bond motifs is 1. The molecule has 5 nitrogen and oxygen atoms in total. The van der Waals surface area contributed by atoms with Crippen LogP contribution in [0.15, 0.2) is 24.3 Å². The Labute approximate surface area is 143 Å². The first kappa shape index (κ1) is 17.0. The molecule has 1 aromatic carbocycles. The van der Waals surface area contributed by atoms with Crippen LogP contribution in [-0.4, -0.2) is 44.0 Å². The van der Waals surface area contributed by atoms with E-state index in [1.54, 1.807) is 24.0 Å². The highest BCUT2D eigenvalue weighted by Gasteiger charge is 2.31. The molecule has 0 aromatic heterocycles. The number of benzene rings is 1. The van der Waals surface area contributed by atoms with Gasteiger partial charge in [0.1, 0.15) is 6.54 Å². The predicted molar refractivity (Wildman–Crippen MR) is 92.8 cm³/mol. The smallest absolute Gasteiger partial charge is 0.246 e. The molecular formula is C19H26N2O3. The lowest BCUT2D eigenvalue weighted by molar-refractivity contribution is -0.139. The van der Waals surface area contributed by atoms with Crippen LogP contribution in [0.3, 0.4) is 0 Å². The Kier molecular flexibility index (Phi) is 5.19. The molecule has 1 aliphatic carbocycles. The first-order valence-electron chi connectivity index (χ1n) is 8.79. The van der Waals surface area contributed by atoms with Crippen molar-refractivity contribution in [2.75, 3.05) is 32.1 Å². The summed E-state index contributed by atoms with van der Waals surface area (Å²) in [5.74, 6) is 0.174. The molecule has 1 fully saturated rings. The topological polar surface area (TPSA) is 49.9 Å². The van der Waals surface area contributed by atoms with Gasteiger partial charge < -0.3 is 14.5 Å². The molecule has 0 bridgehead atoms. The summed E-state index contributed by atoms with van der Waals surface area (Å²) in [4.78, 5) is 28.9. The third kappa shape index (κ3) is 3.31. The van der Waals surface area contributed by atoms with E-state index < -0.39 is 0 Å². The summed E-state index contributed by atoms with van der Waals surface area (Å²) in [5.41, 5.74) is 1.87. The van der Waals surface area contributed by atoms with Gasteiger partial charge in [-0.05, 0) is 25.3 Å². The van der Waals surface area contributed by atoms with Gasteiger partial charge in [0.2, 0.25) is 11.8 Å². The van der Waals surface area contributed by atoms with E-state index in [9.17, 15) is 9.59 Å². The van der Waals surface area contributed by atoms with Crippen molar-refractivity contribution in [3.05, 3.63) is 29.8 Å². The average molecular weight is 330 g/mol. The lowest BCUT2D eigenvalue weighted by Gasteiger charge is -2.26. The molecule has 3 rings (SSSR count). The van der Waals surface area contributed by atoms with E-state index in [2.05, 4.69) is 0 Å². The molecular weight excluding hydrogens is 304 g/mol. The molecule has 0 spiro atoms. The second kappa shape index (κ2) is 7.34. The summed E-state index contributed by atoms with van der Waals surface area (Å²) in [6.45, 7) is 0.707. The van der Waals surface area contributed by atoms with Crippen LogP contribution >= 0.6 is 0 Å². The number of para-hydroxylation sites is 1. The van der Waals surface area contributed by atoms with E-state index >= 15 is 0 Å². The number of carbonyl (C=O) groups excluding carboxylic acids is 2. The number of hydrogen-bond acceptors (Lipinski definition) is 3. The number of methoxy groups -OCH3 is 1. The Morgan fingerprint density at radius 2 is 1.88 bits per heavy atom. The van der Waals surface area contributed by atoms with Crippen molar-refractivity contribution in [3.8, 4) is 0 Å². The van der Waals surface area contributed by atoms with Crippen LogP contribution in [0.25, 0.3) is 0 Å². The molecule has 1 saturated carbocycles. The van der Waals surface area contributed by atoms with Gasteiger partial charge in [-0.2, -0.15) is 0 Å². The van der Waals surface area contributed by atoms with Gasteiger partial charge in [0.15, 0.2) is 0 Å². The summed E-state index contributed by atoms with van der Waals surface area (Å²) >= 11 is 0. The van der Waals surface area contributed by atoms with E-state index in [1.807, 2.05) is 24.3 Å². The zero-order valence-corrected chi connectivity index (χ0v) is 14.5. The van der Waals surface area contributed by atoms with Gasteiger partial charge in [0.25, 0.3) is 0 Å². The van der Waals surface area contributed by atoms with E-state index in [0.717, 1.165) is 36.9 Å². The third-order valence-corrected chi connectivity index (χ3v) is 5.31. The van der Waals surface area contributed by atoms with Crippen LogP contribution < -0.4 is 4.90 Å². The van der Waals surface area contributed by atoms with Crippen molar-refractivity contribution in [3.63, 3.8) is 0 Å². The SMILES string of the molecule is COC1CCN(C(=O)C2CCCC2)CC(=O)N(C)c2ccccc21. The number of likely N-dealkylation sites (N-methyl/N-ethyl adjacent to an activating group) is 1. The minimum absolute atomic E-state index is 0.0504. The molecule has 130 valence electrons. The van der Waals surface area contributed by atoms with E-state index in [0.29, 0.717) is 13.0 Å². The highest BCUT2D eigenvalue weighted by atomic mass is 16.5. The minimum atomic E-state index is -0.117. The Bertz CT molecular complexity index is 610. The molecule has 2 amide bonds. The standard InChI is InChI=1S/C19H26N2O3/c1-20-16-10-6-5-9-15(16)17(24-2)11-12-21(13-18(20)22)19(23)14-7-3-4-8-14/h5-6,9-10,14,17H,3-4,7-8,11-13H2,1-2H3. The lowest BCUT2D eigenvalue weighted by atomic mass is 10.0. The Balaban J connectivity index is 1.87. The maximum absolute atomic E-state index is 12.8. The Morgan fingerprint density at radius 1 is 1.17 bits per heavy atom. The predicted octanol–water partition coefficient (Wildman–Crippen LogP) is 2.76. The summed E-state index contributed by atoms with van der Waals surface area (Å²) in [5, 5.41) is 0. The van der Waals surface area contributed by atoms with Crippen LogP contribution in [-0.2, 0) is 14.3 Å². The van der Waals surface area contributed by atoms with Crippen LogP contribution in [0.2, 0.25) is 0 Å². The fraction of sp³-hybridized carbons (Fsp3) is 0.579. The molecule has 0 radical (unpaired) electrons. The third-order valence-electron chi connectivity index (χ3n) is 5.31. The van der Waals surface area contributed by atoms with Crippen molar-refractivity contribution in [2.45, 2.75) is 38.2 Å². The maximum atomic E-state index is 12.8. The van der Waals surface area contributed by atoms with Gasteiger partial charge in [0.05, 0.1) is 6.10 Å². The van der Waals surface area contributed by atoms with Crippen molar-refractivity contribution < 1.29 is 14.3 Å². The van der Waals surface area contributed by atoms with Crippen molar-refractivity contribution >= 4 is 17.5 Å². The van der Waals surface area contributed by atoms with Gasteiger partial charge >= 0.3 is 0 Å². The number of anilines is 1. The lowest BCUT2D eigenvalue weighted by Crippen LogP contribution is -2.43. The molecule has 1 unspecified atom stereocenters. The van der Waals surface area contributed by atoms with Crippen LogP contribution in [0, 0.1) is 5.92 Å². The number of ether oxygens (including phenoxy) is 1. The molecule has 24 heavy (non-hydrogen) atoms. The highest BCUT2D eigenvalue weighted by Crippen LogP contribution is 2.32. The van der Waals surface area contributed by atoms with Gasteiger partial charge in [-0.25, -0.2) is 0 Å². The van der Waals surface area contributed by atoms with Gasteiger partial charge in [-0.1, -0.05) is 31.0 Å². The Morgan fingerprint density at radius 3 is 2.58 bits per heavy atom. The molecule has 0 saturated heterocycles. The number of rotatable bonds is 2. The van der Waals surface area contributed by atoms with Crippen LogP contribution in [0.4, 0.5) is 5.69 Å². The molecule has 0 N–H and O–H groups in total. The number of hydrogen-bond donors (Lipinski definition) is 0. The normalized spacial score (nSPS) is 22.8. The fourth-order valence-corrected chi connectivity index (χ4v) is 3.84. The summed E-state index contributed by atoms with van der Waals surface area (Å²) in [7, 11) is 3.46. The molecule has 5 heteroatoms. The van der Waals surface area contributed by atoms with Crippen molar-refractivity contribution in [1.29, 1.82) is 0 Å². The molecule has 1 aromatic rings. The van der Waals surface area contributed by atoms with E-state index in [1.165, 1.54) is 0 Å². The van der Waals surface area contributed by atoms with Gasteiger partial charge in [-0.15, -0.1) is 0 Å². The second-order valence-corrected chi connectivity index (χ2v) is 6.77. The zero-order chi connectivity index (χ0) is 17.1. The molecule has 1 atom stereocenters. The summed E-state index contributed by atoms with van der Waals surface area (Å²) in [6.07, 6.45) is 4.72. The minimum Gasteiger partial charge on any atom is -0.377 e. The summed E-state index contributed by atoms with van der Waals surface area (Å²) in [6, 6.07) is 7.83. The second-order valence-electron chi connectivity index (χ2n) is 6.77. The monoisotopic (exact) mass is 330 g/mol. The number of nitrogens with zero attached hydrogens (tertiary/aromatic N) is 2. The maximum Gasteiger partial charge on any atom is 0.246 e. The van der Waals surface area contributed by atoms with E-state index in [-0.39, 0.29) is 30.4 Å². The number of amides is 2. The average Bonchev–Trinajstić information content (AvgIpc) is 3.15. The Hall–Kier alpha value is -1.88. The van der Waals surface area contributed by atoms with Gasteiger partial charge in [-0.3, -0.25) is 9.59 Å². The quantitative estimate of drug-likeness (QED) is 0.838. The van der Waals surface area contributed by atoms with Crippen molar-refractivity contribution in [2.24, 2.45) is 5.92 Å². The highest BCUT2D eigenvalue weighted by molar-refractivity contribution is 5.97. The molecule has 1 aliphatic heterocycles. The fourth-order valence-electron chi connectivity index (χ4n) is 3.84.